The Hall–Kier alpha value is -1.33. The van der Waals surface area contributed by atoms with Crippen LogP contribution < -0.4 is 0 Å². The molecule has 0 spiro atoms. The second-order valence-corrected chi connectivity index (χ2v) is 5.93. The van der Waals surface area contributed by atoms with Crippen molar-refractivity contribution in [1.29, 1.82) is 0 Å². The van der Waals surface area contributed by atoms with Crippen LogP contribution in [-0.4, -0.2) is 42.6 Å². The zero-order valence-electron chi connectivity index (χ0n) is 12.0. The summed E-state index contributed by atoms with van der Waals surface area (Å²) in [5, 5.41) is 0. The fraction of sp³-hybridized carbons (Fsp3) is 0.385. The number of hydrogen-bond donors (Lipinski definition) is 1. The monoisotopic (exact) mass is 300 g/mol. The van der Waals surface area contributed by atoms with E-state index in [1.54, 1.807) is 0 Å². The summed E-state index contributed by atoms with van der Waals surface area (Å²) in [6, 6.07) is 10.5. The Bertz CT molecular complexity index is 459. The van der Waals surface area contributed by atoms with Gasteiger partial charge in [-0.05, 0) is 5.56 Å². The van der Waals surface area contributed by atoms with Crippen molar-refractivity contribution in [2.75, 3.05) is 27.9 Å². The predicted octanol–water partition coefficient (Wildman–Crippen LogP) is 2.24. The molecule has 0 radical (unpaired) electrons. The number of rotatable bonds is 4. The molecule has 0 aromatic heterocycles. The summed E-state index contributed by atoms with van der Waals surface area (Å²) in [6.07, 6.45) is 4.23. The zero-order chi connectivity index (χ0) is 15.0. The van der Waals surface area contributed by atoms with Gasteiger partial charge in [-0.3, -0.25) is 9.05 Å². The summed E-state index contributed by atoms with van der Waals surface area (Å²) in [5.74, 6) is 0. The van der Waals surface area contributed by atoms with Gasteiger partial charge in [0.05, 0.1) is 6.67 Å². The summed E-state index contributed by atoms with van der Waals surface area (Å²) in [4.78, 5) is 12.7. The van der Waals surface area contributed by atoms with E-state index < -0.39 is 7.82 Å². The van der Waals surface area contributed by atoms with E-state index >= 15 is 0 Å². The largest absolute Gasteiger partial charge is 0.471 e. The van der Waals surface area contributed by atoms with Crippen molar-refractivity contribution in [2.45, 2.75) is 6.54 Å². The number of phosphoric acid groups is 1. The average molecular weight is 300 g/mol. The summed E-state index contributed by atoms with van der Waals surface area (Å²) >= 11 is 0. The highest BCUT2D eigenvalue weighted by molar-refractivity contribution is 7.47. The molecular formula is C13H21N2O4P. The fourth-order valence-corrected chi connectivity index (χ4v) is 1.73. The van der Waals surface area contributed by atoms with Crippen LogP contribution in [0.4, 0.5) is 0 Å². The molecule has 0 atom stereocenters. The molecule has 0 aliphatic carbocycles. The van der Waals surface area contributed by atoms with Crippen molar-refractivity contribution in [3.63, 3.8) is 0 Å². The molecule has 6 nitrogen and oxygen atoms in total. The van der Waals surface area contributed by atoms with E-state index in [1.807, 2.05) is 0 Å². The van der Waals surface area contributed by atoms with Crippen molar-refractivity contribution in [3.8, 4) is 0 Å². The molecule has 1 aromatic rings. The number of benzene rings is 1. The van der Waals surface area contributed by atoms with E-state index in [-0.39, 0.29) is 0 Å². The van der Waals surface area contributed by atoms with Crippen LogP contribution in [0.25, 0.3) is 0 Å². The van der Waals surface area contributed by atoms with Gasteiger partial charge in [-0.25, -0.2) is 4.57 Å². The van der Waals surface area contributed by atoms with Crippen molar-refractivity contribution in [2.24, 2.45) is 0 Å². The molecule has 0 bridgehead atoms. The lowest BCUT2D eigenvalue weighted by Crippen LogP contribution is -2.21. The van der Waals surface area contributed by atoms with Gasteiger partial charge in [0.2, 0.25) is 0 Å². The first-order chi connectivity index (χ1) is 9.46. The minimum atomic E-state index is -3.65. The van der Waals surface area contributed by atoms with E-state index in [4.69, 9.17) is 4.89 Å². The maximum atomic E-state index is 10.1. The average Bonchev–Trinajstić information content (AvgIpc) is 2.86. The van der Waals surface area contributed by atoms with Crippen molar-refractivity contribution in [3.05, 3.63) is 48.3 Å². The molecule has 1 N–H and O–H groups in total. The van der Waals surface area contributed by atoms with Gasteiger partial charge >= 0.3 is 7.82 Å². The van der Waals surface area contributed by atoms with Crippen molar-refractivity contribution in [1.82, 2.24) is 9.80 Å². The van der Waals surface area contributed by atoms with Crippen LogP contribution in [-0.2, 0) is 20.2 Å². The first-order valence-corrected chi connectivity index (χ1v) is 7.57. The van der Waals surface area contributed by atoms with Gasteiger partial charge in [-0.1, -0.05) is 30.3 Å². The Morgan fingerprint density at radius 2 is 1.80 bits per heavy atom. The zero-order valence-corrected chi connectivity index (χ0v) is 12.9. The van der Waals surface area contributed by atoms with Crippen LogP contribution in [0.5, 0.6) is 0 Å². The Balaban J connectivity index is 0.000000246. The molecular weight excluding hydrogens is 279 g/mol. The van der Waals surface area contributed by atoms with E-state index in [0.29, 0.717) is 0 Å². The minimum Gasteiger partial charge on any atom is -0.362 e. The Kier molecular flexibility index (Phi) is 6.75. The fourth-order valence-electron chi connectivity index (χ4n) is 1.58. The second kappa shape index (κ2) is 8.07. The Labute approximate surface area is 119 Å². The lowest BCUT2D eigenvalue weighted by molar-refractivity contribution is 0.204. The highest BCUT2D eigenvalue weighted by Crippen LogP contribution is 2.40. The highest BCUT2D eigenvalue weighted by Gasteiger charge is 2.13. The van der Waals surface area contributed by atoms with Gasteiger partial charge in [-0.2, -0.15) is 0 Å². The quantitative estimate of drug-likeness (QED) is 0.861. The third-order valence-corrected chi connectivity index (χ3v) is 3.55. The van der Waals surface area contributed by atoms with Gasteiger partial charge in [0, 0.05) is 40.2 Å². The summed E-state index contributed by atoms with van der Waals surface area (Å²) < 4.78 is 18.0. The standard InChI is InChI=1S/C11H14N2.C2H7O4P/c1-12-7-8-13(10-12)9-11-5-3-2-4-6-11;1-5-7(3,4)6-2/h2-8H,9-10H2,1H3;1-2H3,(H,3,4). The molecule has 0 unspecified atom stereocenters. The van der Waals surface area contributed by atoms with E-state index in [1.165, 1.54) is 5.56 Å². The normalized spacial score (nSPS) is 14.2. The van der Waals surface area contributed by atoms with Crippen LogP contribution in [0, 0.1) is 0 Å². The van der Waals surface area contributed by atoms with E-state index in [2.05, 4.69) is 68.6 Å². The highest BCUT2D eigenvalue weighted by atomic mass is 31.2. The first kappa shape index (κ1) is 16.7. The number of nitrogens with zero attached hydrogens (tertiary/aromatic N) is 2. The van der Waals surface area contributed by atoms with Gasteiger partial charge < -0.3 is 14.7 Å². The molecule has 1 aliphatic heterocycles. The smallest absolute Gasteiger partial charge is 0.362 e. The van der Waals surface area contributed by atoms with Crippen molar-refractivity contribution < 1.29 is 18.5 Å². The maximum absolute atomic E-state index is 10.1. The summed E-state index contributed by atoms with van der Waals surface area (Å²) in [7, 11) is 0.633. The molecule has 7 heteroatoms. The second-order valence-electron chi connectivity index (χ2n) is 4.26. The molecule has 2 rings (SSSR count). The minimum absolute atomic E-state index is 0.995. The number of hydrogen-bond acceptors (Lipinski definition) is 5. The predicted molar refractivity (Wildman–Crippen MR) is 77.6 cm³/mol. The lowest BCUT2D eigenvalue weighted by Gasteiger charge is -2.17. The van der Waals surface area contributed by atoms with Gasteiger partial charge in [-0.15, -0.1) is 0 Å². The molecule has 0 saturated heterocycles. The van der Waals surface area contributed by atoms with Crippen molar-refractivity contribution >= 4 is 7.82 Å². The van der Waals surface area contributed by atoms with Gasteiger partial charge in [0.15, 0.2) is 0 Å². The maximum Gasteiger partial charge on any atom is 0.471 e. The molecule has 112 valence electrons. The first-order valence-electron chi connectivity index (χ1n) is 6.07. The molecule has 1 heterocycles. The summed E-state index contributed by atoms with van der Waals surface area (Å²) in [6.45, 7) is 2.00. The third-order valence-electron chi connectivity index (χ3n) is 2.63. The van der Waals surface area contributed by atoms with Crippen LogP contribution in [0.15, 0.2) is 42.7 Å². The molecule has 0 fully saturated rings. The van der Waals surface area contributed by atoms with Crippen LogP contribution in [0.1, 0.15) is 5.56 Å². The van der Waals surface area contributed by atoms with Crippen LogP contribution in [0.3, 0.4) is 0 Å². The topological polar surface area (TPSA) is 62.2 Å². The lowest BCUT2D eigenvalue weighted by atomic mass is 10.2. The molecule has 20 heavy (non-hydrogen) atoms. The summed E-state index contributed by atoms with van der Waals surface area (Å²) in [5.41, 5.74) is 1.36. The van der Waals surface area contributed by atoms with Crippen LogP contribution in [0.2, 0.25) is 0 Å². The van der Waals surface area contributed by atoms with E-state index in [9.17, 15) is 4.57 Å². The van der Waals surface area contributed by atoms with Gasteiger partial charge in [0.25, 0.3) is 0 Å². The molecule has 0 saturated carbocycles. The third kappa shape index (κ3) is 6.21. The Morgan fingerprint density at radius 3 is 2.20 bits per heavy atom. The SMILES string of the molecule is CN1C=CN(Cc2ccccc2)C1.COP(=O)(O)OC. The number of phosphoric ester groups is 1. The van der Waals surface area contributed by atoms with E-state index in [0.717, 1.165) is 27.4 Å². The van der Waals surface area contributed by atoms with Gasteiger partial charge in [0.1, 0.15) is 0 Å². The van der Waals surface area contributed by atoms with Crippen LogP contribution >= 0.6 is 7.82 Å². The molecule has 1 aliphatic rings. The Morgan fingerprint density at radius 1 is 1.20 bits per heavy atom. The molecule has 1 aromatic carbocycles. The molecule has 0 amide bonds.